The van der Waals surface area contributed by atoms with E-state index in [2.05, 4.69) is 13.8 Å². The van der Waals surface area contributed by atoms with Crippen LogP contribution in [0.5, 0.6) is 0 Å². The Balaban J connectivity index is 2.16. The number of hydrogen-bond acceptors (Lipinski definition) is 1. The molecular weight excluding hydrogens is 136 g/mol. The molecule has 0 amide bonds. The van der Waals surface area contributed by atoms with Gasteiger partial charge in [0.05, 0.1) is 6.10 Å². The molecule has 3 fully saturated rings. The van der Waals surface area contributed by atoms with Crippen molar-refractivity contribution in [3.8, 4) is 0 Å². The highest BCUT2D eigenvalue weighted by atomic mass is 16.3. The Morgan fingerprint density at radius 3 is 2.27 bits per heavy atom. The van der Waals surface area contributed by atoms with Crippen LogP contribution in [0.4, 0.5) is 0 Å². The first kappa shape index (κ1) is 7.60. The molecule has 5 unspecified atom stereocenters. The SMILES string of the molecule is CC1C2CCC(C(O)C2)C1C. The van der Waals surface area contributed by atoms with Crippen LogP contribution in [0.25, 0.3) is 0 Å². The van der Waals surface area contributed by atoms with Gasteiger partial charge in [-0.2, -0.15) is 0 Å². The average Bonchev–Trinajstić information content (AvgIpc) is 1.99. The van der Waals surface area contributed by atoms with E-state index in [0.29, 0.717) is 5.92 Å². The number of rotatable bonds is 0. The lowest BCUT2D eigenvalue weighted by Crippen LogP contribution is -2.45. The Kier molecular flexibility index (Phi) is 1.71. The molecule has 0 aliphatic heterocycles. The third-order valence-corrected chi connectivity index (χ3v) is 4.16. The molecule has 3 aliphatic carbocycles. The molecular formula is C10H18O. The lowest BCUT2D eigenvalue weighted by atomic mass is 9.58. The van der Waals surface area contributed by atoms with Crippen LogP contribution in [0.3, 0.4) is 0 Å². The minimum absolute atomic E-state index is 0.0277. The Labute approximate surface area is 68.8 Å². The summed E-state index contributed by atoms with van der Waals surface area (Å²) >= 11 is 0. The van der Waals surface area contributed by atoms with Crippen molar-refractivity contribution in [2.75, 3.05) is 0 Å². The first-order valence-electron chi connectivity index (χ1n) is 4.88. The summed E-state index contributed by atoms with van der Waals surface area (Å²) in [6.45, 7) is 4.66. The summed E-state index contributed by atoms with van der Waals surface area (Å²) in [6, 6.07) is 0. The maximum absolute atomic E-state index is 9.69. The Morgan fingerprint density at radius 1 is 1.09 bits per heavy atom. The summed E-state index contributed by atoms with van der Waals surface area (Å²) in [5.74, 6) is 3.06. The van der Waals surface area contributed by atoms with Gasteiger partial charge in [-0.05, 0) is 42.9 Å². The summed E-state index contributed by atoms with van der Waals surface area (Å²) in [4.78, 5) is 0. The molecule has 11 heavy (non-hydrogen) atoms. The molecule has 0 heterocycles. The van der Waals surface area contributed by atoms with Crippen LogP contribution in [0.2, 0.25) is 0 Å². The van der Waals surface area contributed by atoms with Gasteiger partial charge >= 0.3 is 0 Å². The van der Waals surface area contributed by atoms with E-state index in [0.717, 1.165) is 24.2 Å². The van der Waals surface area contributed by atoms with Gasteiger partial charge in [-0.25, -0.2) is 0 Å². The second-order valence-electron chi connectivity index (χ2n) is 4.52. The molecule has 3 saturated carbocycles. The van der Waals surface area contributed by atoms with Crippen LogP contribution in [-0.2, 0) is 0 Å². The summed E-state index contributed by atoms with van der Waals surface area (Å²) in [6.07, 6.45) is 3.75. The minimum atomic E-state index is 0.0277. The van der Waals surface area contributed by atoms with Crippen molar-refractivity contribution < 1.29 is 5.11 Å². The van der Waals surface area contributed by atoms with Crippen LogP contribution in [-0.4, -0.2) is 11.2 Å². The van der Waals surface area contributed by atoms with Gasteiger partial charge in [0.1, 0.15) is 0 Å². The second-order valence-corrected chi connectivity index (χ2v) is 4.52. The van der Waals surface area contributed by atoms with Gasteiger partial charge in [-0.3, -0.25) is 0 Å². The maximum Gasteiger partial charge on any atom is 0.0573 e. The van der Waals surface area contributed by atoms with Gasteiger partial charge in [0.15, 0.2) is 0 Å². The quantitative estimate of drug-likeness (QED) is 0.566. The Hall–Kier alpha value is -0.0400. The number of aliphatic hydroxyl groups excluding tert-OH is 1. The molecule has 0 spiro atoms. The normalized spacial score (nSPS) is 56.5. The van der Waals surface area contributed by atoms with E-state index < -0.39 is 0 Å². The zero-order valence-electron chi connectivity index (χ0n) is 7.46. The van der Waals surface area contributed by atoms with Crippen molar-refractivity contribution in [1.29, 1.82) is 0 Å². The standard InChI is InChI=1S/C10H18O/c1-6-7(2)9-4-3-8(6)5-10(9)11/h6-11H,3-5H2,1-2H3. The molecule has 0 radical (unpaired) electrons. The second kappa shape index (κ2) is 2.48. The van der Waals surface area contributed by atoms with Crippen molar-refractivity contribution in [2.24, 2.45) is 23.7 Å². The molecule has 1 nitrogen and oxygen atoms in total. The van der Waals surface area contributed by atoms with Gasteiger partial charge in [-0.1, -0.05) is 13.8 Å². The minimum Gasteiger partial charge on any atom is -0.393 e. The van der Waals surface area contributed by atoms with E-state index in [4.69, 9.17) is 0 Å². The maximum atomic E-state index is 9.69. The smallest absolute Gasteiger partial charge is 0.0573 e. The molecule has 2 bridgehead atoms. The number of hydrogen-bond donors (Lipinski definition) is 1. The molecule has 0 aromatic rings. The van der Waals surface area contributed by atoms with Gasteiger partial charge < -0.3 is 5.11 Å². The average molecular weight is 154 g/mol. The van der Waals surface area contributed by atoms with E-state index in [1.165, 1.54) is 12.8 Å². The third kappa shape index (κ3) is 1.01. The highest BCUT2D eigenvalue weighted by Gasteiger charge is 2.43. The molecule has 3 aliphatic rings. The van der Waals surface area contributed by atoms with Crippen molar-refractivity contribution in [3.05, 3.63) is 0 Å². The van der Waals surface area contributed by atoms with Crippen LogP contribution in [0.15, 0.2) is 0 Å². The molecule has 0 aromatic carbocycles. The third-order valence-electron chi connectivity index (χ3n) is 4.16. The van der Waals surface area contributed by atoms with Crippen LogP contribution >= 0.6 is 0 Å². The molecule has 0 saturated heterocycles. The summed E-state index contributed by atoms with van der Waals surface area (Å²) in [5.41, 5.74) is 0. The van der Waals surface area contributed by atoms with E-state index in [9.17, 15) is 5.11 Å². The summed E-state index contributed by atoms with van der Waals surface area (Å²) in [7, 11) is 0. The van der Waals surface area contributed by atoms with Crippen molar-refractivity contribution in [3.63, 3.8) is 0 Å². The molecule has 1 heteroatoms. The van der Waals surface area contributed by atoms with Gasteiger partial charge in [-0.15, -0.1) is 0 Å². The lowest BCUT2D eigenvalue weighted by Gasteiger charge is -2.48. The van der Waals surface area contributed by atoms with Crippen LogP contribution in [0.1, 0.15) is 33.1 Å². The van der Waals surface area contributed by atoms with E-state index in [1.54, 1.807) is 0 Å². The highest BCUT2D eigenvalue weighted by molar-refractivity contribution is 4.93. The topological polar surface area (TPSA) is 20.2 Å². The number of fused-ring (bicyclic) bond motifs is 3. The highest BCUT2D eigenvalue weighted by Crippen LogP contribution is 2.48. The Morgan fingerprint density at radius 2 is 1.82 bits per heavy atom. The fourth-order valence-electron chi connectivity index (χ4n) is 3.11. The lowest BCUT2D eigenvalue weighted by molar-refractivity contribution is -0.0640. The largest absolute Gasteiger partial charge is 0.393 e. The monoisotopic (exact) mass is 154 g/mol. The van der Waals surface area contributed by atoms with Gasteiger partial charge in [0, 0.05) is 0 Å². The van der Waals surface area contributed by atoms with E-state index in [1.807, 2.05) is 0 Å². The Bertz CT molecular complexity index is 153. The predicted octanol–water partition coefficient (Wildman–Crippen LogP) is 2.05. The zero-order valence-corrected chi connectivity index (χ0v) is 7.46. The van der Waals surface area contributed by atoms with Crippen LogP contribution in [0, 0.1) is 23.7 Å². The van der Waals surface area contributed by atoms with Crippen molar-refractivity contribution in [2.45, 2.75) is 39.2 Å². The summed E-state index contributed by atoms with van der Waals surface area (Å²) in [5, 5.41) is 9.69. The molecule has 5 atom stereocenters. The zero-order chi connectivity index (χ0) is 8.01. The molecule has 3 rings (SSSR count). The fourth-order valence-corrected chi connectivity index (χ4v) is 3.11. The summed E-state index contributed by atoms with van der Waals surface area (Å²) < 4.78 is 0. The fraction of sp³-hybridized carbons (Fsp3) is 1.00. The van der Waals surface area contributed by atoms with E-state index in [-0.39, 0.29) is 6.10 Å². The molecule has 64 valence electrons. The molecule has 1 N–H and O–H groups in total. The van der Waals surface area contributed by atoms with Gasteiger partial charge in [0.2, 0.25) is 0 Å². The number of aliphatic hydroxyl groups is 1. The van der Waals surface area contributed by atoms with Gasteiger partial charge in [0.25, 0.3) is 0 Å². The first-order valence-corrected chi connectivity index (χ1v) is 4.88. The first-order chi connectivity index (χ1) is 5.20. The van der Waals surface area contributed by atoms with E-state index >= 15 is 0 Å². The predicted molar refractivity (Wildman–Crippen MR) is 45.2 cm³/mol. The van der Waals surface area contributed by atoms with Crippen molar-refractivity contribution >= 4 is 0 Å². The van der Waals surface area contributed by atoms with Crippen molar-refractivity contribution in [1.82, 2.24) is 0 Å². The molecule has 0 aromatic heterocycles. The van der Waals surface area contributed by atoms with Crippen LogP contribution < -0.4 is 0 Å².